The Bertz CT molecular complexity index is 407. The second-order valence-electron chi connectivity index (χ2n) is 4.20. The van der Waals surface area contributed by atoms with Crippen molar-refractivity contribution < 1.29 is 23.3 Å². The molecule has 0 spiro atoms. The maximum Gasteiger partial charge on any atom is 0.134 e. The van der Waals surface area contributed by atoms with Gasteiger partial charge < -0.3 is 18.9 Å². The Balaban J connectivity index is 3.33. The molecule has 0 amide bonds. The lowest BCUT2D eigenvalue weighted by Crippen LogP contribution is -2.10. The Labute approximate surface area is 113 Å². The first-order valence-corrected chi connectivity index (χ1v) is 5.97. The fourth-order valence-corrected chi connectivity index (χ4v) is 2.04. The number of benzene rings is 1. The van der Waals surface area contributed by atoms with Gasteiger partial charge in [0.25, 0.3) is 0 Å². The molecule has 0 aromatic heterocycles. The molecule has 0 heterocycles. The second-order valence-corrected chi connectivity index (χ2v) is 4.20. The fourth-order valence-electron chi connectivity index (χ4n) is 2.04. The van der Waals surface area contributed by atoms with Gasteiger partial charge in [0.05, 0.1) is 26.4 Å². The summed E-state index contributed by atoms with van der Waals surface area (Å²) in [6, 6.07) is 1.76. The quantitative estimate of drug-likeness (QED) is 0.728. The van der Waals surface area contributed by atoms with Crippen molar-refractivity contribution in [2.75, 3.05) is 28.4 Å². The number of halogens is 1. The van der Waals surface area contributed by atoms with Crippen molar-refractivity contribution in [2.24, 2.45) is 0 Å². The van der Waals surface area contributed by atoms with Gasteiger partial charge in [0.15, 0.2) is 0 Å². The van der Waals surface area contributed by atoms with E-state index in [0.29, 0.717) is 24.3 Å². The van der Waals surface area contributed by atoms with Crippen LogP contribution in [0.25, 0.3) is 0 Å². The highest BCUT2D eigenvalue weighted by molar-refractivity contribution is 5.40. The van der Waals surface area contributed by atoms with Crippen LogP contribution in [0.5, 0.6) is 0 Å². The molecule has 1 aromatic rings. The zero-order valence-corrected chi connectivity index (χ0v) is 11.9. The van der Waals surface area contributed by atoms with E-state index in [2.05, 4.69) is 0 Å². The summed E-state index contributed by atoms with van der Waals surface area (Å²) in [4.78, 5) is 0. The van der Waals surface area contributed by atoms with Crippen LogP contribution in [0.15, 0.2) is 6.07 Å². The monoisotopic (exact) mass is 272 g/mol. The van der Waals surface area contributed by atoms with Crippen molar-refractivity contribution in [3.8, 4) is 0 Å². The summed E-state index contributed by atoms with van der Waals surface area (Å²) >= 11 is 0. The Morgan fingerprint density at radius 2 is 1.21 bits per heavy atom. The van der Waals surface area contributed by atoms with Crippen molar-refractivity contribution in [1.29, 1.82) is 0 Å². The molecule has 0 aliphatic heterocycles. The van der Waals surface area contributed by atoms with Gasteiger partial charge in [0, 0.05) is 39.6 Å². The highest BCUT2D eigenvalue weighted by Gasteiger charge is 2.18. The number of ether oxygens (including phenoxy) is 4. The highest BCUT2D eigenvalue weighted by atomic mass is 19.1. The summed E-state index contributed by atoms with van der Waals surface area (Å²) in [6.45, 7) is 1.12. The number of hydrogen-bond acceptors (Lipinski definition) is 4. The van der Waals surface area contributed by atoms with Gasteiger partial charge in [-0.2, -0.15) is 0 Å². The summed E-state index contributed by atoms with van der Waals surface area (Å²) in [5.41, 5.74) is 2.68. The summed E-state index contributed by atoms with van der Waals surface area (Å²) in [6.07, 6.45) is 0. The summed E-state index contributed by atoms with van der Waals surface area (Å²) in [7, 11) is 6.25. The predicted octanol–water partition coefficient (Wildman–Crippen LogP) is 2.41. The van der Waals surface area contributed by atoms with Gasteiger partial charge in [0.1, 0.15) is 5.82 Å². The van der Waals surface area contributed by atoms with E-state index in [4.69, 9.17) is 18.9 Å². The van der Waals surface area contributed by atoms with E-state index in [1.54, 1.807) is 20.3 Å². The number of hydrogen-bond donors (Lipinski definition) is 0. The van der Waals surface area contributed by atoms with Crippen molar-refractivity contribution in [1.82, 2.24) is 0 Å². The van der Waals surface area contributed by atoms with Gasteiger partial charge >= 0.3 is 0 Å². The van der Waals surface area contributed by atoms with E-state index in [1.165, 1.54) is 14.2 Å². The fraction of sp³-hybridized carbons (Fsp3) is 0.571. The molecule has 1 rings (SSSR count). The molecule has 0 aliphatic carbocycles. The van der Waals surface area contributed by atoms with Crippen LogP contribution >= 0.6 is 0 Å². The average Bonchev–Trinajstić information content (AvgIpc) is 2.39. The lowest BCUT2D eigenvalue weighted by molar-refractivity contribution is 0.153. The van der Waals surface area contributed by atoms with E-state index in [9.17, 15) is 4.39 Å². The minimum absolute atomic E-state index is 0.193. The summed E-state index contributed by atoms with van der Waals surface area (Å²) in [5, 5.41) is 0. The largest absolute Gasteiger partial charge is 0.380 e. The van der Waals surface area contributed by atoms with Gasteiger partial charge in [-0.25, -0.2) is 4.39 Å². The molecule has 0 radical (unpaired) electrons. The van der Waals surface area contributed by atoms with Gasteiger partial charge in [0.2, 0.25) is 0 Å². The molecule has 0 saturated carbocycles. The zero-order chi connectivity index (χ0) is 14.3. The lowest BCUT2D eigenvalue weighted by atomic mass is 9.97. The molecule has 5 heteroatoms. The molecular formula is C14H21FO4. The van der Waals surface area contributed by atoms with Crippen LogP contribution in [0, 0.1) is 5.82 Å². The van der Waals surface area contributed by atoms with Gasteiger partial charge in [-0.05, 0) is 17.2 Å². The van der Waals surface area contributed by atoms with E-state index >= 15 is 0 Å². The number of rotatable bonds is 8. The summed E-state index contributed by atoms with van der Waals surface area (Å²) < 4.78 is 34.8. The lowest BCUT2D eigenvalue weighted by Gasteiger charge is -2.17. The van der Waals surface area contributed by atoms with Gasteiger partial charge in [-0.15, -0.1) is 0 Å². The second kappa shape index (κ2) is 8.22. The van der Waals surface area contributed by atoms with Crippen molar-refractivity contribution in [3.05, 3.63) is 34.1 Å². The third-order valence-corrected chi connectivity index (χ3v) is 2.82. The first-order chi connectivity index (χ1) is 9.19. The molecule has 0 unspecified atom stereocenters. The third-order valence-electron chi connectivity index (χ3n) is 2.82. The average molecular weight is 272 g/mol. The first kappa shape index (κ1) is 16.0. The summed E-state index contributed by atoms with van der Waals surface area (Å²) in [5.74, 6) is -0.296. The molecule has 4 nitrogen and oxygen atoms in total. The first-order valence-electron chi connectivity index (χ1n) is 5.97. The molecule has 0 aliphatic rings. The van der Waals surface area contributed by atoms with Crippen molar-refractivity contribution in [3.63, 3.8) is 0 Å². The van der Waals surface area contributed by atoms with E-state index in [-0.39, 0.29) is 19.0 Å². The van der Waals surface area contributed by atoms with Crippen molar-refractivity contribution >= 4 is 0 Å². The third kappa shape index (κ3) is 3.98. The molecule has 19 heavy (non-hydrogen) atoms. The van der Waals surface area contributed by atoms with Crippen LogP contribution in [0.2, 0.25) is 0 Å². The van der Waals surface area contributed by atoms with Crippen LogP contribution in [-0.2, 0) is 45.4 Å². The van der Waals surface area contributed by atoms with E-state index in [0.717, 1.165) is 11.1 Å². The minimum atomic E-state index is -0.296. The van der Waals surface area contributed by atoms with Crippen molar-refractivity contribution in [2.45, 2.75) is 26.4 Å². The van der Waals surface area contributed by atoms with Gasteiger partial charge in [-0.3, -0.25) is 0 Å². The molecule has 0 N–H and O–H groups in total. The van der Waals surface area contributed by atoms with Crippen LogP contribution in [0.1, 0.15) is 22.3 Å². The van der Waals surface area contributed by atoms with Gasteiger partial charge in [-0.1, -0.05) is 0 Å². The zero-order valence-electron chi connectivity index (χ0n) is 11.9. The molecule has 108 valence electrons. The minimum Gasteiger partial charge on any atom is -0.380 e. The Morgan fingerprint density at radius 1 is 0.737 bits per heavy atom. The SMILES string of the molecule is COCc1cc(COC)c(COC)c(COC)c1F. The Hall–Kier alpha value is -1.01. The van der Waals surface area contributed by atoms with E-state index in [1.807, 2.05) is 0 Å². The van der Waals surface area contributed by atoms with Crippen LogP contribution < -0.4 is 0 Å². The molecule has 0 saturated heterocycles. The highest BCUT2D eigenvalue weighted by Crippen LogP contribution is 2.25. The smallest absolute Gasteiger partial charge is 0.134 e. The van der Waals surface area contributed by atoms with Crippen LogP contribution in [0.4, 0.5) is 4.39 Å². The molecule has 0 fully saturated rings. The molecular weight excluding hydrogens is 251 g/mol. The Kier molecular flexibility index (Phi) is 6.94. The van der Waals surface area contributed by atoms with Crippen LogP contribution in [0.3, 0.4) is 0 Å². The maximum absolute atomic E-state index is 14.4. The molecule has 0 bridgehead atoms. The number of methoxy groups -OCH3 is 4. The normalized spacial score (nSPS) is 11.0. The Morgan fingerprint density at radius 3 is 1.74 bits per heavy atom. The molecule has 0 atom stereocenters. The van der Waals surface area contributed by atoms with E-state index < -0.39 is 0 Å². The maximum atomic E-state index is 14.4. The molecule has 1 aromatic carbocycles. The van der Waals surface area contributed by atoms with Crippen LogP contribution in [-0.4, -0.2) is 28.4 Å². The standard InChI is InChI=1S/C14H21FO4/c1-16-6-10-5-11(7-17-2)14(15)13(9-19-4)12(10)8-18-3/h5H,6-9H2,1-4H3. The topological polar surface area (TPSA) is 36.9 Å². The predicted molar refractivity (Wildman–Crippen MR) is 69.3 cm³/mol.